The Morgan fingerprint density at radius 2 is 0.920 bits per heavy atom. The largest absolute Gasteiger partial charge is 1.00 e. The van der Waals surface area contributed by atoms with E-state index in [4.69, 9.17) is 0 Å². The van der Waals surface area contributed by atoms with Crippen LogP contribution in [0.3, 0.4) is 0 Å². The predicted octanol–water partition coefficient (Wildman–Crippen LogP) is 11.6. The van der Waals surface area contributed by atoms with Crippen molar-refractivity contribution in [3.63, 3.8) is 0 Å². The molecule has 0 bridgehead atoms. The second-order valence-corrected chi connectivity index (χ2v) is 8.54. The van der Waals surface area contributed by atoms with E-state index in [2.05, 4.69) is 13.2 Å². The van der Waals surface area contributed by atoms with Crippen molar-refractivity contribution in [1.29, 1.82) is 0 Å². The zero-order chi connectivity index (χ0) is 39.0. The van der Waals surface area contributed by atoms with Gasteiger partial charge in [0.1, 0.15) is 23.2 Å². The molecule has 0 saturated heterocycles. The van der Waals surface area contributed by atoms with Crippen molar-refractivity contribution in [3.8, 4) is 0 Å². The number of para-hydroxylation sites is 2. The van der Waals surface area contributed by atoms with Gasteiger partial charge in [0.2, 0.25) is 0 Å². The summed E-state index contributed by atoms with van der Waals surface area (Å²) >= 11 is 0. The molecule has 2 rings (SSSR count). The van der Waals surface area contributed by atoms with Crippen LogP contribution in [0.1, 0.15) is 11.1 Å². The van der Waals surface area contributed by atoms with Crippen LogP contribution in [0, 0.1) is 11.6 Å². The predicted molar refractivity (Wildman–Crippen MR) is 124 cm³/mol. The van der Waals surface area contributed by atoms with E-state index in [9.17, 15) is 96.6 Å². The maximum Gasteiger partial charge on any atom is 1.00 e. The van der Waals surface area contributed by atoms with Crippen LogP contribution in [0.5, 0.6) is 0 Å². The molecule has 0 atom stereocenters. The van der Waals surface area contributed by atoms with Crippen LogP contribution in [0.4, 0.5) is 108 Å². The Morgan fingerprint density at radius 1 is 0.540 bits per heavy atom. The van der Waals surface area contributed by atoms with E-state index in [1.807, 2.05) is 0 Å². The summed E-state index contributed by atoms with van der Waals surface area (Å²) in [5.41, 5.74) is -11.2. The second-order valence-electron chi connectivity index (χ2n) is 8.54. The summed E-state index contributed by atoms with van der Waals surface area (Å²) in [5, 5.41) is 1.68. The summed E-state index contributed by atoms with van der Waals surface area (Å²) in [4.78, 5) is 2.95. The molecule has 0 unspecified atom stereocenters. The van der Waals surface area contributed by atoms with Crippen molar-refractivity contribution >= 4 is 23.0 Å². The fourth-order valence-corrected chi connectivity index (χ4v) is 3.00. The fraction of sp³-hybridized carbons (Fsp3) is 0.333. The molecule has 0 spiro atoms. The van der Waals surface area contributed by atoms with E-state index in [-0.39, 0.29) is 53.5 Å². The SMILES string of the molecule is C=C.Fc1cccc(C(F)(F)F)c1N=C(N=C([N-]c1c(F)cccc1C(F)(F)F)C(F)(F)C(F)(F)C(F)(F)F)C(F)(F)C(F)(F)C(F)(F)F.[Cu+]. The maximum atomic E-state index is 14.7. The maximum absolute atomic E-state index is 14.7. The zero-order valence-electron chi connectivity index (χ0n) is 22.8. The zero-order valence-corrected chi connectivity index (χ0v) is 23.8. The standard InChI is InChI=1S/C22H6F22N3.C2H4.Cu/c23-9-5-1-3-7(17(29,30)31)11(9)45-13(15(25,26)19(35,36)21(39,40)41)47-14(16(27,28)20(37,38)22(42,43)44)46-12-8(18(32,33)34)4-2-6-10(12)24;1-2;/h1-6H;1-2H2;/q-1;;+1. The molecule has 0 aliphatic rings. The van der Waals surface area contributed by atoms with Crippen LogP contribution in [0.25, 0.3) is 5.32 Å². The molecule has 3 nitrogen and oxygen atoms in total. The Kier molecular flexibility index (Phi) is 13.8. The summed E-state index contributed by atoms with van der Waals surface area (Å²) < 4.78 is 300. The molecule has 0 N–H and O–H groups in total. The number of aliphatic imine (C=N–C) groups is 2. The first-order valence-corrected chi connectivity index (χ1v) is 11.5. The first-order chi connectivity index (χ1) is 21.7. The summed E-state index contributed by atoms with van der Waals surface area (Å²) in [6, 6.07) is -1.12. The molecule has 0 fully saturated rings. The molecule has 0 saturated carbocycles. The van der Waals surface area contributed by atoms with E-state index in [0.717, 1.165) is 0 Å². The van der Waals surface area contributed by atoms with Gasteiger partial charge >= 0.3 is 65.5 Å². The van der Waals surface area contributed by atoms with Gasteiger partial charge in [0, 0.05) is 5.69 Å². The van der Waals surface area contributed by atoms with Crippen LogP contribution in [0.2, 0.25) is 0 Å². The van der Waals surface area contributed by atoms with Gasteiger partial charge in [0.05, 0.1) is 11.1 Å². The first kappa shape index (κ1) is 46.3. The smallest absolute Gasteiger partial charge is 0.432 e. The molecule has 0 amide bonds. The van der Waals surface area contributed by atoms with Gasteiger partial charge in [0.15, 0.2) is 0 Å². The Morgan fingerprint density at radius 3 is 1.32 bits per heavy atom. The third-order valence-corrected chi connectivity index (χ3v) is 5.29. The number of alkyl halides is 20. The van der Waals surface area contributed by atoms with Crippen LogP contribution in [-0.4, -0.2) is 47.7 Å². The van der Waals surface area contributed by atoms with Crippen LogP contribution >= 0.6 is 0 Å². The van der Waals surface area contributed by atoms with Gasteiger partial charge < -0.3 is 10.3 Å². The molecule has 0 radical (unpaired) electrons. The second kappa shape index (κ2) is 14.9. The van der Waals surface area contributed by atoms with Crippen LogP contribution < -0.4 is 0 Å². The van der Waals surface area contributed by atoms with Crippen molar-refractivity contribution in [3.05, 3.63) is 77.6 Å². The molecule has 50 heavy (non-hydrogen) atoms. The number of hydrogen-bond acceptors (Lipinski definition) is 1. The van der Waals surface area contributed by atoms with Crippen molar-refractivity contribution in [2.24, 2.45) is 9.98 Å². The number of hydrogen-bond donors (Lipinski definition) is 0. The van der Waals surface area contributed by atoms with Crippen molar-refractivity contribution in [2.75, 3.05) is 0 Å². The van der Waals surface area contributed by atoms with Crippen molar-refractivity contribution < 1.29 is 114 Å². The molecule has 0 aliphatic carbocycles. The van der Waals surface area contributed by atoms with E-state index in [0.29, 0.717) is 0 Å². The fourth-order valence-electron chi connectivity index (χ4n) is 3.00. The van der Waals surface area contributed by atoms with Crippen LogP contribution in [-0.2, 0) is 29.4 Å². The number of benzene rings is 2. The number of rotatable bonds is 6. The first-order valence-electron chi connectivity index (χ1n) is 11.5. The average molecular weight is 822 g/mol. The monoisotopic (exact) mass is 821 g/mol. The third kappa shape index (κ3) is 8.96. The molecular formula is C24H10CuF22N3. The Hall–Kier alpha value is -3.70. The van der Waals surface area contributed by atoms with Gasteiger partial charge in [-0.1, -0.05) is 12.1 Å². The molecular weight excluding hydrogens is 812 g/mol. The number of nitrogens with zero attached hydrogens (tertiary/aromatic N) is 3. The number of amidine groups is 2. The van der Waals surface area contributed by atoms with Gasteiger partial charge in [-0.25, -0.2) is 13.8 Å². The molecule has 0 aliphatic heterocycles. The summed E-state index contributed by atoms with van der Waals surface area (Å²) in [6.07, 6.45) is -27.4. The summed E-state index contributed by atoms with van der Waals surface area (Å²) in [5.74, 6) is -44.7. The van der Waals surface area contributed by atoms with Gasteiger partial charge in [-0.3, -0.25) is 0 Å². The normalized spacial score (nSPS) is 14.4. The van der Waals surface area contributed by atoms with Gasteiger partial charge in [0.25, 0.3) is 0 Å². The molecule has 2 aromatic rings. The quantitative estimate of drug-likeness (QED) is 0.0916. The molecule has 0 aromatic heterocycles. The van der Waals surface area contributed by atoms with E-state index in [1.54, 1.807) is 10.3 Å². The van der Waals surface area contributed by atoms with Crippen molar-refractivity contribution in [2.45, 2.75) is 48.4 Å². The van der Waals surface area contributed by atoms with Crippen molar-refractivity contribution in [1.82, 2.24) is 0 Å². The molecule has 286 valence electrons. The van der Waals surface area contributed by atoms with Gasteiger partial charge in [-0.2, -0.15) is 87.8 Å². The summed E-state index contributed by atoms with van der Waals surface area (Å²) in [6.45, 7) is 6.00. The molecule has 26 heteroatoms. The molecule has 0 heterocycles. The Balaban J connectivity index is 0.00000785. The van der Waals surface area contributed by atoms with Gasteiger partial charge in [-0.15, -0.1) is 13.2 Å². The topological polar surface area (TPSA) is 38.8 Å². The van der Waals surface area contributed by atoms with Crippen LogP contribution in [0.15, 0.2) is 59.5 Å². The minimum atomic E-state index is -7.81. The minimum Gasteiger partial charge on any atom is -0.432 e. The third-order valence-electron chi connectivity index (χ3n) is 5.29. The Labute approximate surface area is 273 Å². The van der Waals surface area contributed by atoms with E-state index in [1.165, 1.54) is 4.99 Å². The minimum absolute atomic E-state index is 0. The Bertz CT molecular complexity index is 1550. The van der Waals surface area contributed by atoms with E-state index < -0.39 is 94.2 Å². The molecule has 2 aromatic carbocycles. The average Bonchev–Trinajstić information content (AvgIpc) is 2.92. The van der Waals surface area contributed by atoms with Gasteiger partial charge in [-0.05, 0) is 30.1 Å². The number of halogens is 22. The summed E-state index contributed by atoms with van der Waals surface area (Å²) in [7, 11) is 0. The van der Waals surface area contributed by atoms with E-state index >= 15 is 0 Å².